The maximum Gasteiger partial charge on any atom is 0.335 e. The van der Waals surface area contributed by atoms with Crippen molar-refractivity contribution in [1.82, 2.24) is 5.32 Å². The zero-order chi connectivity index (χ0) is 26.3. The predicted octanol–water partition coefficient (Wildman–Crippen LogP) is 6.26. The number of carboxylic acids is 1. The fourth-order valence-corrected chi connectivity index (χ4v) is 6.57. The standard InChI is InChI=1S/C24H36N3O5S2Si/c1-15-19(22(28)29)20(26-23(25-15)33-5)16-11-10-12-17(27(30)31)21(16)34-14-9-8-13-18(24(2,3)4)32-35(6)7/h10-12,18,20H,8-9,13-14H2,1-7H3,(H,25,26)(H,28,29). The molecule has 0 spiro atoms. The van der Waals surface area contributed by atoms with E-state index in [-0.39, 0.29) is 22.8 Å². The van der Waals surface area contributed by atoms with E-state index in [4.69, 9.17) is 4.43 Å². The number of rotatable bonds is 11. The zero-order valence-corrected chi connectivity index (χ0v) is 24.1. The van der Waals surface area contributed by atoms with Crippen molar-refractivity contribution in [3.63, 3.8) is 0 Å². The summed E-state index contributed by atoms with van der Waals surface area (Å²) in [6.45, 7) is 12.5. The molecule has 1 aromatic carbocycles. The van der Waals surface area contributed by atoms with E-state index < -0.39 is 26.0 Å². The van der Waals surface area contributed by atoms with Crippen molar-refractivity contribution in [2.75, 3.05) is 12.0 Å². The van der Waals surface area contributed by atoms with Gasteiger partial charge in [0.1, 0.15) is 6.04 Å². The minimum atomic E-state index is -1.09. The van der Waals surface area contributed by atoms with Crippen LogP contribution in [0.15, 0.2) is 39.4 Å². The molecule has 0 bridgehead atoms. The molecule has 0 aromatic heterocycles. The molecule has 1 aliphatic heterocycles. The number of aliphatic carboxylic acids is 1. The van der Waals surface area contributed by atoms with Gasteiger partial charge in [-0.3, -0.25) is 10.1 Å². The molecule has 8 nitrogen and oxygen atoms in total. The predicted molar refractivity (Wildman–Crippen MR) is 147 cm³/mol. The van der Waals surface area contributed by atoms with Crippen LogP contribution in [0.25, 0.3) is 0 Å². The highest BCUT2D eigenvalue weighted by molar-refractivity contribution is 8.13. The van der Waals surface area contributed by atoms with Crippen LogP contribution in [0.3, 0.4) is 0 Å². The van der Waals surface area contributed by atoms with Gasteiger partial charge < -0.3 is 14.8 Å². The molecule has 35 heavy (non-hydrogen) atoms. The lowest BCUT2D eigenvalue weighted by Gasteiger charge is -2.32. The average Bonchev–Trinajstić information content (AvgIpc) is 2.75. The second-order valence-electron chi connectivity index (χ2n) is 9.69. The van der Waals surface area contributed by atoms with Crippen LogP contribution >= 0.6 is 23.5 Å². The topological polar surface area (TPSA) is 114 Å². The van der Waals surface area contributed by atoms with Gasteiger partial charge >= 0.3 is 5.97 Å². The van der Waals surface area contributed by atoms with Crippen LogP contribution in [0.1, 0.15) is 58.6 Å². The van der Waals surface area contributed by atoms with Gasteiger partial charge in [0.05, 0.1) is 15.4 Å². The smallest absolute Gasteiger partial charge is 0.335 e. The van der Waals surface area contributed by atoms with Crippen molar-refractivity contribution in [3.8, 4) is 0 Å². The number of nitrogens with zero attached hydrogens (tertiary/aromatic N) is 2. The maximum absolute atomic E-state index is 12.1. The quantitative estimate of drug-likeness (QED) is 0.112. The van der Waals surface area contributed by atoms with Crippen LogP contribution in [-0.2, 0) is 9.22 Å². The average molecular weight is 539 g/mol. The Morgan fingerprint density at radius 3 is 2.57 bits per heavy atom. The number of nitro groups is 1. The number of nitrogens with one attached hydrogen (secondary N) is 1. The number of unbranched alkanes of at least 4 members (excludes halogenated alkanes) is 1. The second-order valence-corrected chi connectivity index (χ2v) is 13.6. The summed E-state index contributed by atoms with van der Waals surface area (Å²) >= 11 is 2.78. The molecule has 193 valence electrons. The van der Waals surface area contributed by atoms with Crippen LogP contribution in [-0.4, -0.2) is 48.3 Å². The van der Waals surface area contributed by atoms with Gasteiger partial charge in [0.2, 0.25) is 9.04 Å². The monoisotopic (exact) mass is 538 g/mol. The SMILES string of the molecule is CSC1=NC(c2cccc([N+](=O)[O-])c2SCCCCC(O[Si](C)C)C(C)(C)C)C(C(=O)O)=C(C)N1. The van der Waals surface area contributed by atoms with Crippen molar-refractivity contribution in [3.05, 3.63) is 45.1 Å². The minimum Gasteiger partial charge on any atom is -0.478 e. The minimum absolute atomic E-state index is 0.0190. The van der Waals surface area contributed by atoms with Crippen LogP contribution in [0.4, 0.5) is 5.69 Å². The first-order valence-electron chi connectivity index (χ1n) is 11.6. The van der Waals surface area contributed by atoms with E-state index in [1.54, 1.807) is 19.1 Å². The van der Waals surface area contributed by atoms with Gasteiger partial charge in [-0.1, -0.05) is 51.1 Å². The van der Waals surface area contributed by atoms with Crippen molar-refractivity contribution >= 4 is 49.4 Å². The highest BCUT2D eigenvalue weighted by atomic mass is 32.2. The van der Waals surface area contributed by atoms with E-state index in [9.17, 15) is 20.0 Å². The van der Waals surface area contributed by atoms with E-state index >= 15 is 0 Å². The Hall–Kier alpha value is -1.82. The summed E-state index contributed by atoms with van der Waals surface area (Å²) < 4.78 is 6.22. The lowest BCUT2D eigenvalue weighted by molar-refractivity contribution is -0.387. The third-order valence-electron chi connectivity index (χ3n) is 5.61. The van der Waals surface area contributed by atoms with Gasteiger partial charge in [-0.15, -0.1) is 11.8 Å². The number of aliphatic imine (C=N–C) groups is 1. The number of hydrogen-bond acceptors (Lipinski definition) is 8. The summed E-state index contributed by atoms with van der Waals surface area (Å²) in [4.78, 5) is 28.6. The third-order valence-corrected chi connectivity index (χ3v) is 8.19. The molecule has 1 aromatic rings. The van der Waals surface area contributed by atoms with Gasteiger partial charge in [0.15, 0.2) is 5.17 Å². The highest BCUT2D eigenvalue weighted by Crippen LogP contribution is 2.42. The van der Waals surface area contributed by atoms with Gasteiger partial charge in [0, 0.05) is 23.4 Å². The molecule has 11 heteroatoms. The Balaban J connectivity index is 2.27. The van der Waals surface area contributed by atoms with Gasteiger partial charge in [0.25, 0.3) is 5.69 Å². The molecule has 2 rings (SSSR count). The molecule has 0 saturated heterocycles. The van der Waals surface area contributed by atoms with Gasteiger partial charge in [-0.05, 0) is 50.3 Å². The van der Waals surface area contributed by atoms with Crippen molar-refractivity contribution in [2.24, 2.45) is 10.4 Å². The van der Waals surface area contributed by atoms with Crippen LogP contribution in [0.5, 0.6) is 0 Å². The number of carboxylic acid groups (broad SMARTS) is 1. The number of amidine groups is 1. The molecule has 0 fully saturated rings. The summed E-state index contributed by atoms with van der Waals surface area (Å²) in [5.41, 5.74) is 1.18. The van der Waals surface area contributed by atoms with E-state index in [1.807, 2.05) is 6.26 Å². The zero-order valence-electron chi connectivity index (χ0n) is 21.5. The van der Waals surface area contributed by atoms with Crippen molar-refractivity contribution in [2.45, 2.75) is 77.1 Å². The van der Waals surface area contributed by atoms with Gasteiger partial charge in [-0.25, -0.2) is 9.79 Å². The molecule has 0 saturated carbocycles. The lowest BCUT2D eigenvalue weighted by Crippen LogP contribution is -2.33. The normalized spacial score (nSPS) is 17.3. The molecular formula is C24H36N3O5S2Si. The molecule has 2 atom stereocenters. The molecule has 2 N–H and O–H groups in total. The first kappa shape index (κ1) is 29.4. The van der Waals surface area contributed by atoms with Crippen LogP contribution in [0, 0.1) is 15.5 Å². The largest absolute Gasteiger partial charge is 0.478 e. The first-order chi connectivity index (χ1) is 16.4. The van der Waals surface area contributed by atoms with E-state index in [2.05, 4.69) is 44.2 Å². The van der Waals surface area contributed by atoms with Crippen LogP contribution in [0.2, 0.25) is 13.1 Å². The summed E-state index contributed by atoms with van der Waals surface area (Å²) in [6, 6.07) is 4.01. The lowest BCUT2D eigenvalue weighted by atomic mass is 9.86. The molecular weight excluding hydrogens is 503 g/mol. The Bertz CT molecular complexity index is 992. The number of thioether (sulfide) groups is 2. The summed E-state index contributed by atoms with van der Waals surface area (Å²) in [5, 5.41) is 25.3. The summed E-state index contributed by atoms with van der Waals surface area (Å²) in [7, 11) is -0.808. The molecule has 0 aliphatic carbocycles. The van der Waals surface area contributed by atoms with E-state index in [0.29, 0.717) is 27.1 Å². The van der Waals surface area contributed by atoms with E-state index in [1.165, 1.54) is 29.6 Å². The third kappa shape index (κ3) is 8.09. The number of nitro benzene ring substituents is 1. The molecule has 0 amide bonds. The van der Waals surface area contributed by atoms with Crippen LogP contribution < -0.4 is 5.32 Å². The Kier molecular flexibility index (Phi) is 10.9. The second kappa shape index (κ2) is 12.9. The first-order valence-corrected chi connectivity index (χ1v) is 16.2. The van der Waals surface area contributed by atoms with Crippen molar-refractivity contribution in [1.29, 1.82) is 0 Å². The van der Waals surface area contributed by atoms with E-state index in [0.717, 1.165) is 19.3 Å². The molecule has 1 heterocycles. The maximum atomic E-state index is 12.1. The highest BCUT2D eigenvalue weighted by Gasteiger charge is 2.33. The fourth-order valence-electron chi connectivity index (χ4n) is 3.87. The number of benzene rings is 1. The molecule has 1 aliphatic rings. The Morgan fingerprint density at radius 1 is 1.34 bits per heavy atom. The number of carbonyl (C=O) groups is 1. The molecule has 1 radical (unpaired) electrons. The fraction of sp³-hybridized carbons (Fsp3) is 0.583. The number of hydrogen-bond donors (Lipinski definition) is 2. The Labute approximate surface area is 218 Å². The summed E-state index contributed by atoms with van der Waals surface area (Å²) in [6.07, 6.45) is 4.78. The Morgan fingerprint density at radius 2 is 2.03 bits per heavy atom. The van der Waals surface area contributed by atoms with Gasteiger partial charge in [-0.2, -0.15) is 0 Å². The number of allylic oxidation sites excluding steroid dienone is 1. The van der Waals surface area contributed by atoms with Crippen molar-refractivity contribution < 1.29 is 19.3 Å². The molecule has 2 unspecified atom stereocenters. The summed E-state index contributed by atoms with van der Waals surface area (Å²) in [5.74, 6) is -0.410.